The Morgan fingerprint density at radius 1 is 1.08 bits per heavy atom. The van der Waals surface area contributed by atoms with E-state index in [2.05, 4.69) is 10.3 Å². The van der Waals surface area contributed by atoms with Gasteiger partial charge in [-0.25, -0.2) is 8.42 Å². The Bertz CT molecular complexity index is 835. The van der Waals surface area contributed by atoms with E-state index in [-0.39, 0.29) is 16.8 Å². The third-order valence-corrected chi connectivity index (χ3v) is 6.40. The van der Waals surface area contributed by atoms with Crippen molar-refractivity contribution in [1.82, 2.24) is 14.2 Å². The fourth-order valence-corrected chi connectivity index (χ4v) is 4.30. The van der Waals surface area contributed by atoms with Gasteiger partial charge in [-0.2, -0.15) is 4.31 Å². The van der Waals surface area contributed by atoms with Crippen LogP contribution in [0.5, 0.6) is 0 Å². The number of anilines is 1. The fraction of sp³-hybridized carbons (Fsp3) is 0.333. The lowest BCUT2D eigenvalue weighted by Gasteiger charge is -2.36. The van der Waals surface area contributed by atoms with Crippen molar-refractivity contribution in [1.29, 1.82) is 0 Å². The van der Waals surface area contributed by atoms with Crippen LogP contribution in [0.3, 0.4) is 0 Å². The maximum absolute atomic E-state index is 12.6. The number of hydrogen-bond donors (Lipinski definition) is 1. The molecule has 0 saturated carbocycles. The Morgan fingerprint density at radius 3 is 2.38 bits per heavy atom. The Hall–Kier alpha value is -2.29. The second-order valence-electron chi connectivity index (χ2n) is 6.16. The summed E-state index contributed by atoms with van der Waals surface area (Å²) in [5, 5.41) is 2.89. The predicted octanol–water partition coefficient (Wildman–Crippen LogP) is 1.42. The number of benzene rings is 1. The van der Waals surface area contributed by atoms with Gasteiger partial charge in [0.1, 0.15) is 4.90 Å². The van der Waals surface area contributed by atoms with Gasteiger partial charge in [0.25, 0.3) is 0 Å². The van der Waals surface area contributed by atoms with Gasteiger partial charge in [-0.1, -0.05) is 18.2 Å². The van der Waals surface area contributed by atoms with Crippen molar-refractivity contribution in [3.63, 3.8) is 0 Å². The third-order valence-electron chi connectivity index (χ3n) is 4.51. The summed E-state index contributed by atoms with van der Waals surface area (Å²) in [7, 11) is -3.54. The molecule has 1 N–H and O–H groups in total. The van der Waals surface area contributed by atoms with E-state index in [1.807, 2.05) is 42.2 Å². The van der Waals surface area contributed by atoms with Crippen molar-refractivity contribution >= 4 is 21.6 Å². The standard InChI is InChI=1S/C18H22N4O3S/c1-15(18(23)20-16-6-3-2-4-7-16)21-10-12-22(13-11-21)26(24,25)17-8-5-9-19-14-17/h2-9,14-15H,10-13H2,1H3,(H,20,23). The zero-order valence-corrected chi connectivity index (χ0v) is 15.4. The van der Waals surface area contributed by atoms with Crippen LogP contribution < -0.4 is 5.32 Å². The van der Waals surface area contributed by atoms with Gasteiger partial charge in [0.05, 0.1) is 6.04 Å². The molecule has 8 heteroatoms. The predicted molar refractivity (Wildman–Crippen MR) is 99.1 cm³/mol. The van der Waals surface area contributed by atoms with Crippen molar-refractivity contribution < 1.29 is 13.2 Å². The second kappa shape index (κ2) is 7.94. The molecule has 1 amide bonds. The van der Waals surface area contributed by atoms with E-state index < -0.39 is 10.0 Å². The molecular weight excluding hydrogens is 352 g/mol. The van der Waals surface area contributed by atoms with Crippen LogP contribution in [0.25, 0.3) is 0 Å². The maximum atomic E-state index is 12.6. The summed E-state index contributed by atoms with van der Waals surface area (Å²) >= 11 is 0. The highest BCUT2D eigenvalue weighted by molar-refractivity contribution is 7.89. The van der Waals surface area contributed by atoms with Crippen LogP contribution in [0.4, 0.5) is 5.69 Å². The number of sulfonamides is 1. The Morgan fingerprint density at radius 2 is 1.77 bits per heavy atom. The summed E-state index contributed by atoms with van der Waals surface area (Å²) in [5.41, 5.74) is 0.752. The van der Waals surface area contributed by atoms with Crippen LogP contribution in [0.15, 0.2) is 59.8 Å². The van der Waals surface area contributed by atoms with Gasteiger partial charge >= 0.3 is 0 Å². The van der Waals surface area contributed by atoms with Gasteiger partial charge in [0, 0.05) is 44.3 Å². The highest BCUT2D eigenvalue weighted by atomic mass is 32.2. The highest BCUT2D eigenvalue weighted by Crippen LogP contribution is 2.18. The number of piperazine rings is 1. The molecule has 3 rings (SSSR count). The lowest BCUT2D eigenvalue weighted by Crippen LogP contribution is -2.53. The molecule has 26 heavy (non-hydrogen) atoms. The summed E-state index contributed by atoms with van der Waals surface area (Å²) in [5.74, 6) is -0.0974. The Balaban J connectivity index is 1.59. The van der Waals surface area contributed by atoms with E-state index >= 15 is 0 Å². The summed E-state index contributed by atoms with van der Waals surface area (Å²) in [4.78, 5) is 18.5. The van der Waals surface area contributed by atoms with E-state index in [1.165, 1.54) is 10.5 Å². The molecule has 1 aliphatic rings. The van der Waals surface area contributed by atoms with Crippen LogP contribution in [-0.4, -0.2) is 60.7 Å². The number of carbonyl (C=O) groups is 1. The Labute approximate surface area is 153 Å². The minimum absolute atomic E-state index is 0.0974. The average molecular weight is 374 g/mol. The monoisotopic (exact) mass is 374 g/mol. The van der Waals surface area contributed by atoms with Gasteiger partial charge in [-0.05, 0) is 31.2 Å². The number of amides is 1. The summed E-state index contributed by atoms with van der Waals surface area (Å²) in [6.07, 6.45) is 2.90. The number of carbonyl (C=O) groups excluding carboxylic acids is 1. The highest BCUT2D eigenvalue weighted by Gasteiger charge is 2.31. The topological polar surface area (TPSA) is 82.6 Å². The molecule has 0 aliphatic carbocycles. The minimum atomic E-state index is -3.54. The number of para-hydroxylation sites is 1. The molecule has 0 bridgehead atoms. The molecule has 0 spiro atoms. The fourth-order valence-electron chi connectivity index (χ4n) is 2.91. The van der Waals surface area contributed by atoms with Crippen LogP contribution >= 0.6 is 0 Å². The number of rotatable bonds is 5. The van der Waals surface area contributed by atoms with E-state index in [1.54, 1.807) is 18.3 Å². The van der Waals surface area contributed by atoms with Gasteiger partial charge in [-0.15, -0.1) is 0 Å². The van der Waals surface area contributed by atoms with Crippen LogP contribution in [0.1, 0.15) is 6.92 Å². The molecule has 1 atom stereocenters. The smallest absolute Gasteiger partial charge is 0.244 e. The average Bonchev–Trinajstić information content (AvgIpc) is 2.69. The van der Waals surface area contributed by atoms with Gasteiger partial charge in [0.2, 0.25) is 15.9 Å². The molecule has 0 radical (unpaired) electrons. The Kier molecular flexibility index (Phi) is 5.65. The molecule has 2 heterocycles. The summed E-state index contributed by atoms with van der Waals surface area (Å²) in [6.45, 7) is 3.54. The molecule has 7 nitrogen and oxygen atoms in total. The molecule has 1 unspecified atom stereocenters. The van der Waals surface area contributed by atoms with Crippen molar-refractivity contribution in [3.8, 4) is 0 Å². The summed E-state index contributed by atoms with van der Waals surface area (Å²) < 4.78 is 26.7. The molecule has 1 aromatic carbocycles. The number of nitrogens with one attached hydrogen (secondary N) is 1. The molecule has 1 fully saturated rings. The van der Waals surface area contributed by atoms with E-state index in [9.17, 15) is 13.2 Å². The lowest BCUT2D eigenvalue weighted by molar-refractivity contribution is -0.121. The normalized spacial score (nSPS) is 17.6. The first-order valence-electron chi connectivity index (χ1n) is 8.48. The molecule has 1 aromatic heterocycles. The molecular formula is C18H22N4O3S. The van der Waals surface area contributed by atoms with Crippen molar-refractivity contribution in [3.05, 3.63) is 54.9 Å². The first kappa shape index (κ1) is 18.5. The largest absolute Gasteiger partial charge is 0.325 e. The quantitative estimate of drug-likeness (QED) is 0.856. The second-order valence-corrected chi connectivity index (χ2v) is 8.10. The number of aromatic nitrogens is 1. The first-order chi connectivity index (χ1) is 12.5. The lowest BCUT2D eigenvalue weighted by atomic mass is 10.2. The number of pyridine rings is 1. The molecule has 1 saturated heterocycles. The van der Waals surface area contributed by atoms with Gasteiger partial charge in [-0.3, -0.25) is 14.7 Å². The molecule has 138 valence electrons. The zero-order chi connectivity index (χ0) is 18.6. The molecule has 2 aromatic rings. The van der Waals surface area contributed by atoms with Crippen LogP contribution in [0.2, 0.25) is 0 Å². The third kappa shape index (κ3) is 4.09. The first-order valence-corrected chi connectivity index (χ1v) is 9.92. The van der Waals surface area contributed by atoms with E-state index in [0.29, 0.717) is 26.2 Å². The van der Waals surface area contributed by atoms with Crippen molar-refractivity contribution in [2.75, 3.05) is 31.5 Å². The van der Waals surface area contributed by atoms with E-state index in [0.717, 1.165) is 5.69 Å². The zero-order valence-electron chi connectivity index (χ0n) is 14.6. The number of hydrogen-bond acceptors (Lipinski definition) is 5. The van der Waals surface area contributed by atoms with Gasteiger partial charge < -0.3 is 5.32 Å². The van der Waals surface area contributed by atoms with Crippen LogP contribution in [-0.2, 0) is 14.8 Å². The van der Waals surface area contributed by atoms with Crippen LogP contribution in [0, 0.1) is 0 Å². The van der Waals surface area contributed by atoms with Crippen molar-refractivity contribution in [2.24, 2.45) is 0 Å². The maximum Gasteiger partial charge on any atom is 0.244 e. The summed E-state index contributed by atoms with van der Waals surface area (Å²) in [6, 6.07) is 12.1. The van der Waals surface area contributed by atoms with E-state index in [4.69, 9.17) is 0 Å². The molecule has 1 aliphatic heterocycles. The number of nitrogens with zero attached hydrogens (tertiary/aromatic N) is 3. The minimum Gasteiger partial charge on any atom is -0.325 e. The van der Waals surface area contributed by atoms with Crippen molar-refractivity contribution in [2.45, 2.75) is 17.9 Å². The van der Waals surface area contributed by atoms with Gasteiger partial charge in [0.15, 0.2) is 0 Å². The SMILES string of the molecule is CC(C(=O)Nc1ccccc1)N1CCN(S(=O)(=O)c2cccnc2)CC1.